The van der Waals surface area contributed by atoms with E-state index in [1.807, 2.05) is 6.07 Å². The summed E-state index contributed by atoms with van der Waals surface area (Å²) in [4.78, 5) is 9.19. The standard InChI is InChI=1S/C14H15Br2N3O/c1-2-5-17-12-7-10(8-3-4-8)18-14(19-12)11-6-9(15)13(16)20-11/h6-8H,2-5H2,1H3,(H,17,18,19). The van der Waals surface area contributed by atoms with E-state index in [1.54, 1.807) is 0 Å². The Kier molecular flexibility index (Phi) is 4.12. The second-order valence-corrected chi connectivity index (χ2v) is 6.51. The molecule has 1 fully saturated rings. The van der Waals surface area contributed by atoms with Gasteiger partial charge in [0.15, 0.2) is 16.3 Å². The highest BCUT2D eigenvalue weighted by Gasteiger charge is 2.27. The Labute approximate surface area is 134 Å². The molecule has 20 heavy (non-hydrogen) atoms. The summed E-state index contributed by atoms with van der Waals surface area (Å²) in [5.74, 6) is 2.77. The van der Waals surface area contributed by atoms with E-state index < -0.39 is 0 Å². The van der Waals surface area contributed by atoms with E-state index in [-0.39, 0.29) is 0 Å². The van der Waals surface area contributed by atoms with Crippen molar-refractivity contribution < 1.29 is 4.42 Å². The maximum Gasteiger partial charge on any atom is 0.197 e. The molecule has 2 heterocycles. The van der Waals surface area contributed by atoms with Crippen LogP contribution in [0.3, 0.4) is 0 Å². The quantitative estimate of drug-likeness (QED) is 0.770. The minimum Gasteiger partial charge on any atom is -0.445 e. The van der Waals surface area contributed by atoms with Crippen molar-refractivity contribution in [3.05, 3.63) is 27.0 Å². The molecule has 106 valence electrons. The fraction of sp³-hybridized carbons (Fsp3) is 0.429. The van der Waals surface area contributed by atoms with E-state index in [4.69, 9.17) is 4.42 Å². The summed E-state index contributed by atoms with van der Waals surface area (Å²) < 4.78 is 7.17. The van der Waals surface area contributed by atoms with Crippen LogP contribution in [0.2, 0.25) is 0 Å². The number of halogens is 2. The van der Waals surface area contributed by atoms with E-state index in [2.05, 4.69) is 60.1 Å². The molecule has 2 aromatic rings. The second-order valence-electron chi connectivity index (χ2n) is 4.94. The Morgan fingerprint density at radius 1 is 1.30 bits per heavy atom. The van der Waals surface area contributed by atoms with Crippen molar-refractivity contribution in [3.8, 4) is 11.6 Å². The fourth-order valence-corrected chi connectivity index (χ4v) is 2.54. The highest BCUT2D eigenvalue weighted by atomic mass is 79.9. The van der Waals surface area contributed by atoms with Gasteiger partial charge in [0.25, 0.3) is 0 Å². The van der Waals surface area contributed by atoms with E-state index in [9.17, 15) is 0 Å². The lowest BCUT2D eigenvalue weighted by Gasteiger charge is -2.07. The third-order valence-electron chi connectivity index (χ3n) is 3.16. The van der Waals surface area contributed by atoms with Crippen LogP contribution in [-0.4, -0.2) is 16.5 Å². The summed E-state index contributed by atoms with van der Waals surface area (Å²) in [5, 5.41) is 3.33. The number of rotatable bonds is 5. The zero-order valence-electron chi connectivity index (χ0n) is 11.1. The zero-order chi connectivity index (χ0) is 14.1. The van der Waals surface area contributed by atoms with Crippen LogP contribution >= 0.6 is 31.9 Å². The summed E-state index contributed by atoms with van der Waals surface area (Å²) >= 11 is 6.77. The molecule has 0 radical (unpaired) electrons. The number of nitrogens with one attached hydrogen (secondary N) is 1. The minimum atomic E-state index is 0.584. The number of anilines is 1. The van der Waals surface area contributed by atoms with Gasteiger partial charge in [-0.3, -0.25) is 0 Å². The summed E-state index contributed by atoms with van der Waals surface area (Å²) in [6, 6.07) is 3.95. The molecule has 1 aliphatic rings. The summed E-state index contributed by atoms with van der Waals surface area (Å²) in [7, 11) is 0. The summed E-state index contributed by atoms with van der Waals surface area (Å²) in [5.41, 5.74) is 1.11. The first kappa shape index (κ1) is 14.1. The van der Waals surface area contributed by atoms with Crippen molar-refractivity contribution in [2.45, 2.75) is 32.1 Å². The largest absolute Gasteiger partial charge is 0.445 e. The van der Waals surface area contributed by atoms with Crippen LogP contribution < -0.4 is 5.32 Å². The highest BCUT2D eigenvalue weighted by molar-refractivity contribution is 9.13. The Bertz CT molecular complexity index is 603. The van der Waals surface area contributed by atoms with E-state index in [1.165, 1.54) is 12.8 Å². The zero-order valence-corrected chi connectivity index (χ0v) is 14.3. The molecule has 1 N–H and O–H groups in total. The van der Waals surface area contributed by atoms with Crippen molar-refractivity contribution in [1.29, 1.82) is 0 Å². The number of furan rings is 1. The van der Waals surface area contributed by atoms with Crippen molar-refractivity contribution in [1.82, 2.24) is 9.97 Å². The number of nitrogens with zero attached hydrogens (tertiary/aromatic N) is 2. The molecule has 3 rings (SSSR count). The molecular weight excluding hydrogens is 386 g/mol. The number of aromatic nitrogens is 2. The molecule has 2 aromatic heterocycles. The molecule has 0 unspecified atom stereocenters. The van der Waals surface area contributed by atoms with Gasteiger partial charge in [0.05, 0.1) is 4.47 Å². The smallest absolute Gasteiger partial charge is 0.197 e. The van der Waals surface area contributed by atoms with Gasteiger partial charge >= 0.3 is 0 Å². The first-order valence-corrected chi connectivity index (χ1v) is 8.34. The molecule has 1 saturated carbocycles. The molecule has 0 bridgehead atoms. The van der Waals surface area contributed by atoms with Crippen molar-refractivity contribution >= 4 is 37.7 Å². The monoisotopic (exact) mass is 399 g/mol. The Hall–Kier alpha value is -0.880. The maximum absolute atomic E-state index is 5.63. The van der Waals surface area contributed by atoms with Gasteiger partial charge < -0.3 is 9.73 Å². The molecule has 0 spiro atoms. The summed E-state index contributed by atoms with van der Waals surface area (Å²) in [6.07, 6.45) is 3.50. The molecule has 1 aliphatic carbocycles. The van der Waals surface area contributed by atoms with Crippen LogP contribution in [0.15, 0.2) is 25.7 Å². The van der Waals surface area contributed by atoms with Crippen LogP contribution in [-0.2, 0) is 0 Å². The molecule has 4 nitrogen and oxygen atoms in total. The van der Waals surface area contributed by atoms with Crippen LogP contribution in [0.4, 0.5) is 5.82 Å². The lowest BCUT2D eigenvalue weighted by atomic mass is 10.2. The van der Waals surface area contributed by atoms with Crippen molar-refractivity contribution in [2.24, 2.45) is 0 Å². The van der Waals surface area contributed by atoms with Crippen LogP contribution in [0.25, 0.3) is 11.6 Å². The fourth-order valence-electron chi connectivity index (χ4n) is 1.96. The lowest BCUT2D eigenvalue weighted by Crippen LogP contribution is -2.05. The number of hydrogen-bond donors (Lipinski definition) is 1. The average molecular weight is 401 g/mol. The third-order valence-corrected chi connectivity index (χ3v) is 4.87. The molecule has 0 atom stereocenters. The van der Waals surface area contributed by atoms with E-state index >= 15 is 0 Å². The predicted molar refractivity (Wildman–Crippen MR) is 85.9 cm³/mol. The van der Waals surface area contributed by atoms with Gasteiger partial charge in [0.1, 0.15) is 5.82 Å². The van der Waals surface area contributed by atoms with Gasteiger partial charge in [0, 0.05) is 30.3 Å². The Morgan fingerprint density at radius 3 is 2.70 bits per heavy atom. The van der Waals surface area contributed by atoms with Crippen LogP contribution in [0.1, 0.15) is 37.8 Å². The normalized spacial score (nSPS) is 14.6. The lowest BCUT2D eigenvalue weighted by molar-refractivity contribution is 0.549. The molecule has 0 saturated heterocycles. The van der Waals surface area contributed by atoms with Crippen molar-refractivity contribution in [2.75, 3.05) is 11.9 Å². The molecule has 6 heteroatoms. The topological polar surface area (TPSA) is 51.0 Å². The minimum absolute atomic E-state index is 0.584. The molecular formula is C14H15Br2N3O. The van der Waals surface area contributed by atoms with Crippen LogP contribution in [0, 0.1) is 0 Å². The Morgan fingerprint density at radius 2 is 2.10 bits per heavy atom. The van der Waals surface area contributed by atoms with Crippen molar-refractivity contribution in [3.63, 3.8) is 0 Å². The number of hydrogen-bond acceptors (Lipinski definition) is 4. The SMILES string of the molecule is CCCNc1cc(C2CC2)nc(-c2cc(Br)c(Br)o2)n1. The van der Waals surface area contributed by atoms with Gasteiger partial charge in [-0.25, -0.2) is 9.97 Å². The molecule has 0 aromatic carbocycles. The van der Waals surface area contributed by atoms with Gasteiger partial charge in [-0.1, -0.05) is 6.92 Å². The van der Waals surface area contributed by atoms with Gasteiger partial charge in [-0.15, -0.1) is 0 Å². The van der Waals surface area contributed by atoms with E-state index in [0.717, 1.165) is 29.0 Å². The average Bonchev–Trinajstić information content (AvgIpc) is 3.23. The van der Waals surface area contributed by atoms with Gasteiger partial charge in [-0.2, -0.15) is 0 Å². The second kappa shape index (κ2) is 5.85. The van der Waals surface area contributed by atoms with Gasteiger partial charge in [0.2, 0.25) is 0 Å². The summed E-state index contributed by atoms with van der Waals surface area (Å²) in [6.45, 7) is 3.05. The first-order chi connectivity index (χ1) is 9.67. The first-order valence-electron chi connectivity index (χ1n) is 6.75. The van der Waals surface area contributed by atoms with Crippen LogP contribution in [0.5, 0.6) is 0 Å². The highest BCUT2D eigenvalue weighted by Crippen LogP contribution is 2.40. The Balaban J connectivity index is 1.97. The third kappa shape index (κ3) is 3.06. The molecule has 0 aliphatic heterocycles. The predicted octanol–water partition coefficient (Wildman–Crippen LogP) is 4.96. The molecule has 0 amide bonds. The van der Waals surface area contributed by atoms with Gasteiger partial charge in [-0.05, 0) is 51.1 Å². The maximum atomic E-state index is 5.63. The van der Waals surface area contributed by atoms with E-state index in [0.29, 0.717) is 22.2 Å².